The van der Waals surface area contributed by atoms with Crippen LogP contribution in [0, 0.1) is 6.92 Å². The Morgan fingerprint density at radius 1 is 1.40 bits per heavy atom. The van der Waals surface area contributed by atoms with Crippen LogP contribution in [0.2, 0.25) is 0 Å². The number of methoxy groups -OCH3 is 1. The van der Waals surface area contributed by atoms with Crippen molar-refractivity contribution >= 4 is 28.1 Å². The second-order valence-electron chi connectivity index (χ2n) is 4.27. The van der Waals surface area contributed by atoms with E-state index in [1.807, 2.05) is 31.2 Å². The first-order valence-electron chi connectivity index (χ1n) is 6.17. The summed E-state index contributed by atoms with van der Waals surface area (Å²) in [7, 11) is 1.63. The molecule has 0 saturated heterocycles. The number of thiazole rings is 1. The topological polar surface area (TPSA) is 71.5 Å². The van der Waals surface area contributed by atoms with E-state index in [0.717, 1.165) is 27.1 Å². The van der Waals surface area contributed by atoms with Crippen LogP contribution in [0.3, 0.4) is 0 Å². The number of carboxylic acids is 1. The normalized spacial score (nSPS) is 10.3. The van der Waals surface area contributed by atoms with Crippen LogP contribution in [0.4, 0.5) is 10.8 Å². The van der Waals surface area contributed by atoms with Crippen molar-refractivity contribution in [2.24, 2.45) is 0 Å². The van der Waals surface area contributed by atoms with E-state index >= 15 is 0 Å². The van der Waals surface area contributed by atoms with Crippen LogP contribution in [-0.4, -0.2) is 23.2 Å². The van der Waals surface area contributed by atoms with Gasteiger partial charge in [-0.1, -0.05) is 0 Å². The molecule has 0 saturated carbocycles. The SMILES string of the molecule is COc1ccc(Nc2nc(C)c(CCC(=O)O)s2)cc1. The van der Waals surface area contributed by atoms with Gasteiger partial charge in [0.2, 0.25) is 0 Å². The van der Waals surface area contributed by atoms with Gasteiger partial charge in [0.1, 0.15) is 5.75 Å². The number of aromatic nitrogens is 1. The zero-order chi connectivity index (χ0) is 14.5. The molecule has 0 radical (unpaired) electrons. The van der Waals surface area contributed by atoms with Gasteiger partial charge >= 0.3 is 5.97 Å². The van der Waals surface area contributed by atoms with Crippen molar-refractivity contribution < 1.29 is 14.6 Å². The highest BCUT2D eigenvalue weighted by Crippen LogP contribution is 2.27. The molecule has 0 aliphatic carbocycles. The van der Waals surface area contributed by atoms with E-state index in [1.54, 1.807) is 7.11 Å². The standard InChI is InChI=1S/C14H16N2O3S/c1-9-12(7-8-13(17)18)20-14(15-9)16-10-3-5-11(19-2)6-4-10/h3-6H,7-8H2,1-2H3,(H,15,16)(H,17,18). The number of ether oxygens (including phenoxy) is 1. The number of hydrogen-bond acceptors (Lipinski definition) is 5. The molecule has 1 heterocycles. The number of rotatable bonds is 6. The van der Waals surface area contributed by atoms with E-state index < -0.39 is 5.97 Å². The number of aliphatic carboxylic acids is 1. The molecule has 0 aliphatic heterocycles. The summed E-state index contributed by atoms with van der Waals surface area (Å²) in [5.41, 5.74) is 1.80. The van der Waals surface area contributed by atoms with Crippen molar-refractivity contribution in [3.05, 3.63) is 34.8 Å². The molecule has 0 unspecified atom stereocenters. The van der Waals surface area contributed by atoms with Gasteiger partial charge in [-0.2, -0.15) is 0 Å². The highest BCUT2D eigenvalue weighted by Gasteiger charge is 2.09. The largest absolute Gasteiger partial charge is 0.497 e. The summed E-state index contributed by atoms with van der Waals surface area (Å²) >= 11 is 1.49. The minimum atomic E-state index is -0.789. The third-order valence-electron chi connectivity index (χ3n) is 2.80. The molecule has 20 heavy (non-hydrogen) atoms. The zero-order valence-corrected chi connectivity index (χ0v) is 12.2. The summed E-state index contributed by atoms with van der Waals surface area (Å²) in [6, 6.07) is 7.56. The summed E-state index contributed by atoms with van der Waals surface area (Å²) in [5.74, 6) is 0.00970. The second-order valence-corrected chi connectivity index (χ2v) is 5.36. The summed E-state index contributed by atoms with van der Waals surface area (Å²) < 4.78 is 5.10. The van der Waals surface area contributed by atoms with E-state index in [-0.39, 0.29) is 6.42 Å². The van der Waals surface area contributed by atoms with Crippen LogP contribution in [0.5, 0.6) is 5.75 Å². The lowest BCUT2D eigenvalue weighted by atomic mass is 10.2. The fourth-order valence-corrected chi connectivity index (χ4v) is 2.71. The maximum Gasteiger partial charge on any atom is 0.303 e. The number of nitrogens with zero attached hydrogens (tertiary/aromatic N) is 1. The van der Waals surface area contributed by atoms with E-state index in [9.17, 15) is 4.79 Å². The van der Waals surface area contributed by atoms with Crippen molar-refractivity contribution in [3.8, 4) is 5.75 Å². The number of benzene rings is 1. The van der Waals surface area contributed by atoms with Crippen LogP contribution < -0.4 is 10.1 Å². The van der Waals surface area contributed by atoms with Crippen molar-refractivity contribution in [2.75, 3.05) is 12.4 Å². The van der Waals surface area contributed by atoms with Gasteiger partial charge in [-0.25, -0.2) is 4.98 Å². The van der Waals surface area contributed by atoms with Gasteiger partial charge in [0, 0.05) is 10.6 Å². The van der Waals surface area contributed by atoms with Gasteiger partial charge in [-0.05, 0) is 37.6 Å². The first kappa shape index (κ1) is 14.3. The lowest BCUT2D eigenvalue weighted by molar-refractivity contribution is -0.136. The third kappa shape index (κ3) is 3.71. The molecule has 0 spiro atoms. The Kier molecular flexibility index (Phi) is 4.57. The Labute approximate surface area is 121 Å². The molecule has 5 nitrogen and oxygen atoms in total. The number of hydrogen-bond donors (Lipinski definition) is 2. The molecule has 0 bridgehead atoms. The fourth-order valence-electron chi connectivity index (χ4n) is 1.73. The number of anilines is 2. The molecule has 2 aromatic rings. The molecular formula is C14H16N2O3S. The Morgan fingerprint density at radius 2 is 2.10 bits per heavy atom. The van der Waals surface area contributed by atoms with Gasteiger partial charge in [0.15, 0.2) is 5.13 Å². The fraction of sp³-hybridized carbons (Fsp3) is 0.286. The first-order chi connectivity index (χ1) is 9.58. The molecule has 2 rings (SSSR count). The van der Waals surface area contributed by atoms with Crippen LogP contribution in [0.15, 0.2) is 24.3 Å². The Bertz CT molecular complexity index is 593. The highest BCUT2D eigenvalue weighted by molar-refractivity contribution is 7.15. The van der Waals surface area contributed by atoms with Crippen molar-refractivity contribution in [1.29, 1.82) is 0 Å². The summed E-state index contributed by atoms with van der Waals surface area (Å²) in [6.45, 7) is 1.90. The maximum atomic E-state index is 10.6. The van der Waals surface area contributed by atoms with Crippen LogP contribution in [0.1, 0.15) is 17.0 Å². The van der Waals surface area contributed by atoms with Crippen molar-refractivity contribution in [2.45, 2.75) is 19.8 Å². The predicted octanol–water partition coefficient (Wildman–Crippen LogP) is 3.22. The Morgan fingerprint density at radius 3 is 2.70 bits per heavy atom. The molecule has 1 aromatic carbocycles. The molecule has 0 aliphatic rings. The van der Waals surface area contributed by atoms with E-state index in [2.05, 4.69) is 10.3 Å². The average molecular weight is 292 g/mol. The number of nitrogens with one attached hydrogen (secondary N) is 1. The van der Waals surface area contributed by atoms with E-state index in [1.165, 1.54) is 11.3 Å². The maximum absolute atomic E-state index is 10.6. The quantitative estimate of drug-likeness (QED) is 0.855. The van der Waals surface area contributed by atoms with Gasteiger partial charge < -0.3 is 15.2 Å². The molecular weight excluding hydrogens is 276 g/mol. The molecule has 0 atom stereocenters. The average Bonchev–Trinajstić information content (AvgIpc) is 2.77. The minimum absolute atomic E-state index is 0.130. The summed E-state index contributed by atoms with van der Waals surface area (Å²) in [6.07, 6.45) is 0.647. The first-order valence-corrected chi connectivity index (χ1v) is 6.99. The summed E-state index contributed by atoms with van der Waals surface area (Å²) in [4.78, 5) is 16.0. The van der Waals surface area contributed by atoms with Gasteiger partial charge in [-0.15, -0.1) is 11.3 Å². The van der Waals surface area contributed by atoms with Crippen molar-refractivity contribution in [3.63, 3.8) is 0 Å². The van der Waals surface area contributed by atoms with E-state index in [0.29, 0.717) is 6.42 Å². The minimum Gasteiger partial charge on any atom is -0.497 e. The Balaban J connectivity index is 2.05. The number of aryl methyl sites for hydroxylation is 2. The monoisotopic (exact) mass is 292 g/mol. The molecule has 2 N–H and O–H groups in total. The second kappa shape index (κ2) is 6.38. The molecule has 0 fully saturated rings. The lowest BCUT2D eigenvalue weighted by Gasteiger charge is -2.03. The van der Waals surface area contributed by atoms with Crippen LogP contribution in [-0.2, 0) is 11.2 Å². The molecule has 1 aromatic heterocycles. The lowest BCUT2D eigenvalue weighted by Crippen LogP contribution is -1.96. The molecule has 0 amide bonds. The molecule has 6 heteroatoms. The summed E-state index contributed by atoms with van der Waals surface area (Å²) in [5, 5.41) is 12.7. The Hall–Kier alpha value is -2.08. The van der Waals surface area contributed by atoms with Crippen LogP contribution >= 0.6 is 11.3 Å². The zero-order valence-electron chi connectivity index (χ0n) is 11.3. The predicted molar refractivity (Wildman–Crippen MR) is 79.1 cm³/mol. The van der Waals surface area contributed by atoms with E-state index in [4.69, 9.17) is 9.84 Å². The smallest absolute Gasteiger partial charge is 0.303 e. The van der Waals surface area contributed by atoms with Crippen molar-refractivity contribution in [1.82, 2.24) is 4.98 Å². The third-order valence-corrected chi connectivity index (χ3v) is 3.93. The number of carboxylic acid groups (broad SMARTS) is 1. The van der Waals surface area contributed by atoms with Gasteiger partial charge in [0.05, 0.1) is 19.2 Å². The van der Waals surface area contributed by atoms with Gasteiger partial charge in [-0.3, -0.25) is 4.79 Å². The number of carbonyl (C=O) groups is 1. The van der Waals surface area contributed by atoms with Gasteiger partial charge in [0.25, 0.3) is 0 Å². The highest BCUT2D eigenvalue weighted by atomic mass is 32.1. The van der Waals surface area contributed by atoms with Crippen LogP contribution in [0.25, 0.3) is 0 Å². The molecule has 106 valence electrons.